The lowest BCUT2D eigenvalue weighted by Crippen LogP contribution is -2.40. The quantitative estimate of drug-likeness (QED) is 0.549. The summed E-state index contributed by atoms with van der Waals surface area (Å²) in [6, 6.07) is 11.0. The van der Waals surface area contributed by atoms with Gasteiger partial charge in [-0.1, -0.05) is 26.0 Å². The van der Waals surface area contributed by atoms with Gasteiger partial charge in [0.15, 0.2) is 11.5 Å². The lowest BCUT2D eigenvalue weighted by molar-refractivity contribution is -0.121. The maximum Gasteiger partial charge on any atom is 0.254 e. The van der Waals surface area contributed by atoms with E-state index >= 15 is 0 Å². The lowest BCUT2D eigenvalue weighted by atomic mass is 10.1. The van der Waals surface area contributed by atoms with Crippen LogP contribution < -0.4 is 14.8 Å². The Kier molecular flexibility index (Phi) is 9.81. The Bertz CT molecular complexity index is 855. The summed E-state index contributed by atoms with van der Waals surface area (Å²) in [5, 5.41) is 2.76. The molecule has 31 heavy (non-hydrogen) atoms. The molecule has 0 unspecified atom stereocenters. The van der Waals surface area contributed by atoms with Gasteiger partial charge in [0, 0.05) is 18.7 Å². The fraction of sp³-hybridized carbons (Fsp3) is 0.417. The maximum atomic E-state index is 13.0. The van der Waals surface area contributed by atoms with E-state index in [1.54, 1.807) is 30.3 Å². The summed E-state index contributed by atoms with van der Waals surface area (Å²) in [5.41, 5.74) is 1.22. The largest absolute Gasteiger partial charge is 0.490 e. The van der Waals surface area contributed by atoms with Crippen molar-refractivity contribution >= 4 is 11.8 Å². The van der Waals surface area contributed by atoms with E-state index in [2.05, 4.69) is 5.32 Å². The van der Waals surface area contributed by atoms with E-state index in [9.17, 15) is 14.0 Å². The van der Waals surface area contributed by atoms with Gasteiger partial charge < -0.3 is 19.7 Å². The second kappa shape index (κ2) is 12.6. The standard InChI is InChI=1S/C24H31FN2O4/c1-4-13-30-21-12-9-19(15-22(21)31-14-5-2)24(29)27(6-3)17-23(28)26-16-18-7-10-20(25)11-8-18/h7-12,15H,4-6,13-14,16-17H2,1-3H3,(H,26,28). The average molecular weight is 431 g/mol. The molecule has 2 aromatic carbocycles. The van der Waals surface area contributed by atoms with Crippen LogP contribution in [0.4, 0.5) is 4.39 Å². The summed E-state index contributed by atoms with van der Waals surface area (Å²) >= 11 is 0. The minimum atomic E-state index is -0.328. The molecule has 0 aromatic heterocycles. The van der Waals surface area contributed by atoms with Crippen molar-refractivity contribution in [2.75, 3.05) is 26.3 Å². The van der Waals surface area contributed by atoms with Crippen LogP contribution >= 0.6 is 0 Å². The highest BCUT2D eigenvalue weighted by Gasteiger charge is 2.19. The van der Waals surface area contributed by atoms with Crippen molar-refractivity contribution in [3.05, 3.63) is 59.4 Å². The van der Waals surface area contributed by atoms with Gasteiger partial charge in [-0.2, -0.15) is 0 Å². The summed E-state index contributed by atoms with van der Waals surface area (Å²) in [5.74, 6) is 0.254. The number of benzene rings is 2. The van der Waals surface area contributed by atoms with Crippen LogP contribution in [0, 0.1) is 5.82 Å². The molecule has 0 heterocycles. The second-order valence-electron chi connectivity index (χ2n) is 7.08. The Morgan fingerprint density at radius 2 is 1.58 bits per heavy atom. The normalized spacial score (nSPS) is 10.5. The number of hydrogen-bond acceptors (Lipinski definition) is 4. The molecule has 0 bridgehead atoms. The Labute approximate surface area is 183 Å². The highest BCUT2D eigenvalue weighted by Crippen LogP contribution is 2.29. The third kappa shape index (κ3) is 7.59. The lowest BCUT2D eigenvalue weighted by Gasteiger charge is -2.21. The molecule has 2 rings (SSSR count). The van der Waals surface area contributed by atoms with Crippen LogP contribution in [0.25, 0.3) is 0 Å². The van der Waals surface area contributed by atoms with Crippen molar-refractivity contribution in [3.8, 4) is 11.5 Å². The summed E-state index contributed by atoms with van der Waals surface area (Å²) in [4.78, 5) is 26.8. The molecule has 0 atom stereocenters. The molecule has 2 amide bonds. The minimum Gasteiger partial charge on any atom is -0.490 e. The third-order valence-corrected chi connectivity index (χ3v) is 4.52. The van der Waals surface area contributed by atoms with Crippen LogP contribution in [0.15, 0.2) is 42.5 Å². The van der Waals surface area contributed by atoms with Crippen molar-refractivity contribution in [2.24, 2.45) is 0 Å². The molecule has 0 saturated carbocycles. The molecule has 0 fully saturated rings. The van der Waals surface area contributed by atoms with Gasteiger partial charge in [-0.25, -0.2) is 4.39 Å². The Balaban J connectivity index is 2.03. The predicted octanol–water partition coefficient (Wildman–Crippen LogP) is 4.18. The second-order valence-corrected chi connectivity index (χ2v) is 7.08. The maximum absolute atomic E-state index is 13.0. The predicted molar refractivity (Wildman–Crippen MR) is 118 cm³/mol. The van der Waals surface area contributed by atoms with Gasteiger partial charge >= 0.3 is 0 Å². The van der Waals surface area contributed by atoms with Crippen LogP contribution in [-0.2, 0) is 11.3 Å². The number of carbonyl (C=O) groups excluding carboxylic acids is 2. The van der Waals surface area contributed by atoms with E-state index in [1.165, 1.54) is 17.0 Å². The first kappa shape index (κ1) is 24.2. The van der Waals surface area contributed by atoms with Gasteiger partial charge in [-0.15, -0.1) is 0 Å². The SMILES string of the molecule is CCCOc1ccc(C(=O)N(CC)CC(=O)NCc2ccc(F)cc2)cc1OCCC. The monoisotopic (exact) mass is 430 g/mol. The van der Waals surface area contributed by atoms with Crippen molar-refractivity contribution in [1.82, 2.24) is 10.2 Å². The van der Waals surface area contributed by atoms with Crippen LogP contribution in [0.3, 0.4) is 0 Å². The number of amides is 2. The first-order valence-corrected chi connectivity index (χ1v) is 10.7. The van der Waals surface area contributed by atoms with Crippen molar-refractivity contribution in [3.63, 3.8) is 0 Å². The third-order valence-electron chi connectivity index (χ3n) is 4.52. The summed E-state index contributed by atoms with van der Waals surface area (Å²) in [6.45, 7) is 7.49. The zero-order chi connectivity index (χ0) is 22.6. The molecular weight excluding hydrogens is 399 g/mol. The highest BCUT2D eigenvalue weighted by atomic mass is 19.1. The Hall–Kier alpha value is -3.09. The smallest absolute Gasteiger partial charge is 0.254 e. The Morgan fingerprint density at radius 3 is 2.19 bits per heavy atom. The first-order valence-electron chi connectivity index (χ1n) is 10.7. The number of rotatable bonds is 12. The average Bonchev–Trinajstić information content (AvgIpc) is 2.79. The van der Waals surface area contributed by atoms with Crippen molar-refractivity contribution in [1.29, 1.82) is 0 Å². The molecule has 168 valence electrons. The number of nitrogens with zero attached hydrogens (tertiary/aromatic N) is 1. The molecule has 0 aliphatic heterocycles. The number of hydrogen-bond donors (Lipinski definition) is 1. The van der Waals surface area contributed by atoms with Crippen LogP contribution in [-0.4, -0.2) is 43.0 Å². The molecule has 0 aliphatic rings. The fourth-order valence-corrected chi connectivity index (χ4v) is 2.84. The van der Waals surface area contributed by atoms with Gasteiger partial charge in [0.1, 0.15) is 5.82 Å². The molecule has 0 aliphatic carbocycles. The topological polar surface area (TPSA) is 67.9 Å². The number of halogens is 1. The van der Waals surface area contributed by atoms with E-state index in [1.807, 2.05) is 20.8 Å². The van der Waals surface area contributed by atoms with E-state index in [-0.39, 0.29) is 30.7 Å². The molecule has 6 nitrogen and oxygen atoms in total. The van der Waals surface area contributed by atoms with Crippen LogP contribution in [0.5, 0.6) is 11.5 Å². The zero-order valence-corrected chi connectivity index (χ0v) is 18.4. The molecule has 7 heteroatoms. The van der Waals surface area contributed by atoms with E-state index in [0.717, 1.165) is 18.4 Å². The van der Waals surface area contributed by atoms with Gasteiger partial charge in [0.25, 0.3) is 5.91 Å². The van der Waals surface area contributed by atoms with Gasteiger partial charge in [0.05, 0.1) is 19.8 Å². The molecule has 2 aromatic rings. The van der Waals surface area contributed by atoms with E-state index in [4.69, 9.17) is 9.47 Å². The fourth-order valence-electron chi connectivity index (χ4n) is 2.84. The zero-order valence-electron chi connectivity index (χ0n) is 18.4. The molecule has 0 saturated heterocycles. The summed E-state index contributed by atoms with van der Waals surface area (Å²) in [6.07, 6.45) is 1.70. The number of ether oxygens (including phenoxy) is 2. The van der Waals surface area contributed by atoms with Gasteiger partial charge in [-0.05, 0) is 55.7 Å². The number of likely N-dealkylation sites (N-methyl/N-ethyl adjacent to an activating group) is 1. The number of nitrogens with one attached hydrogen (secondary N) is 1. The molecule has 0 radical (unpaired) electrons. The van der Waals surface area contributed by atoms with Gasteiger partial charge in [-0.3, -0.25) is 9.59 Å². The van der Waals surface area contributed by atoms with Crippen LogP contribution in [0.1, 0.15) is 49.5 Å². The molecule has 0 spiro atoms. The minimum absolute atomic E-state index is 0.0736. The van der Waals surface area contributed by atoms with Crippen LogP contribution in [0.2, 0.25) is 0 Å². The summed E-state index contributed by atoms with van der Waals surface area (Å²) < 4.78 is 24.5. The summed E-state index contributed by atoms with van der Waals surface area (Å²) in [7, 11) is 0. The van der Waals surface area contributed by atoms with Crippen molar-refractivity contribution < 1.29 is 23.5 Å². The molecule has 1 N–H and O–H groups in total. The Morgan fingerprint density at radius 1 is 0.935 bits per heavy atom. The van der Waals surface area contributed by atoms with Crippen molar-refractivity contribution in [2.45, 2.75) is 40.2 Å². The number of carbonyl (C=O) groups is 2. The van der Waals surface area contributed by atoms with E-state index < -0.39 is 0 Å². The first-order chi connectivity index (χ1) is 15.0. The van der Waals surface area contributed by atoms with E-state index in [0.29, 0.717) is 36.8 Å². The molecular formula is C24H31FN2O4. The van der Waals surface area contributed by atoms with Gasteiger partial charge in [0.2, 0.25) is 5.91 Å². The highest BCUT2D eigenvalue weighted by molar-refractivity contribution is 5.97.